The number of hydrogen-bond donors (Lipinski definition) is 2. The molecular formula is C22H28N6O4S. The lowest BCUT2D eigenvalue weighted by Crippen LogP contribution is -2.41. The van der Waals surface area contributed by atoms with Crippen LogP contribution in [0.4, 0.5) is 5.95 Å². The summed E-state index contributed by atoms with van der Waals surface area (Å²) in [4.78, 5) is 21.1. The van der Waals surface area contributed by atoms with Crippen LogP contribution in [0.15, 0.2) is 36.7 Å². The number of carbonyl (C=O) groups is 1. The summed E-state index contributed by atoms with van der Waals surface area (Å²) in [5, 5.41) is 4.00. The summed E-state index contributed by atoms with van der Waals surface area (Å²) < 4.78 is 32.3. The van der Waals surface area contributed by atoms with Gasteiger partial charge in [0.2, 0.25) is 16.0 Å². The number of rotatable bonds is 7. The number of nitrogens with two attached hydrogens (primary N) is 1. The molecule has 33 heavy (non-hydrogen) atoms. The Morgan fingerprint density at radius 3 is 2.61 bits per heavy atom. The van der Waals surface area contributed by atoms with Crippen molar-refractivity contribution in [2.75, 3.05) is 25.7 Å². The fourth-order valence-electron chi connectivity index (χ4n) is 4.39. The molecule has 1 saturated carbocycles. The third-order valence-electron chi connectivity index (χ3n) is 6.23. The Hall–Kier alpha value is -3.18. The van der Waals surface area contributed by atoms with Crippen molar-refractivity contribution >= 4 is 32.8 Å². The Balaban J connectivity index is 1.56. The number of hydrogen-bond acceptors (Lipinski definition) is 7. The molecule has 0 radical (unpaired) electrons. The van der Waals surface area contributed by atoms with Gasteiger partial charge in [-0.25, -0.2) is 17.7 Å². The molecule has 0 unspecified atom stereocenters. The summed E-state index contributed by atoms with van der Waals surface area (Å²) >= 11 is 0. The van der Waals surface area contributed by atoms with Crippen molar-refractivity contribution < 1.29 is 17.9 Å². The number of aromatic nitrogens is 3. The van der Waals surface area contributed by atoms with Gasteiger partial charge in [-0.1, -0.05) is 6.07 Å². The molecule has 1 aromatic carbocycles. The number of benzene rings is 1. The van der Waals surface area contributed by atoms with Crippen LogP contribution < -0.4 is 15.8 Å². The minimum absolute atomic E-state index is 0.0127. The van der Waals surface area contributed by atoms with Crippen molar-refractivity contribution in [1.82, 2.24) is 18.8 Å². The minimum Gasteiger partial charge on any atom is -0.496 e. The van der Waals surface area contributed by atoms with E-state index in [1.165, 1.54) is 10.6 Å². The Labute approximate surface area is 192 Å². The molecule has 2 aromatic heterocycles. The molecule has 10 nitrogen and oxygen atoms in total. The van der Waals surface area contributed by atoms with Crippen LogP contribution in [0, 0.1) is 0 Å². The lowest BCUT2D eigenvalue weighted by molar-refractivity contribution is 0.100. The summed E-state index contributed by atoms with van der Waals surface area (Å²) in [6.45, 7) is 0. The highest BCUT2D eigenvalue weighted by atomic mass is 32.2. The van der Waals surface area contributed by atoms with Crippen molar-refractivity contribution in [3.8, 4) is 11.6 Å². The number of fused-ring (bicyclic) bond motifs is 1. The molecule has 11 heteroatoms. The molecule has 1 amide bonds. The van der Waals surface area contributed by atoms with Crippen molar-refractivity contribution in [1.29, 1.82) is 0 Å². The fraction of sp³-hybridized carbons (Fsp3) is 0.409. The smallest absolute Gasteiger partial charge is 0.251 e. The van der Waals surface area contributed by atoms with Crippen molar-refractivity contribution in [3.63, 3.8) is 0 Å². The Kier molecular flexibility index (Phi) is 6.26. The first kappa shape index (κ1) is 23.0. The zero-order valence-corrected chi connectivity index (χ0v) is 19.7. The van der Waals surface area contributed by atoms with Crippen molar-refractivity contribution in [3.05, 3.63) is 42.2 Å². The normalized spacial score (nSPS) is 19.0. The van der Waals surface area contributed by atoms with Crippen LogP contribution in [0.1, 0.15) is 36.0 Å². The lowest BCUT2D eigenvalue weighted by atomic mass is 9.91. The summed E-state index contributed by atoms with van der Waals surface area (Å²) in [5.74, 6) is 1.07. The summed E-state index contributed by atoms with van der Waals surface area (Å²) in [5.41, 5.74) is 6.71. The maximum Gasteiger partial charge on any atom is 0.251 e. The summed E-state index contributed by atoms with van der Waals surface area (Å²) in [6, 6.07) is 7.41. The molecule has 1 aliphatic carbocycles. The Morgan fingerprint density at radius 1 is 1.24 bits per heavy atom. The van der Waals surface area contributed by atoms with Gasteiger partial charge in [-0.15, -0.1) is 0 Å². The predicted octanol–water partition coefficient (Wildman–Crippen LogP) is 2.14. The molecule has 2 heterocycles. The van der Waals surface area contributed by atoms with Crippen LogP contribution in [0.2, 0.25) is 0 Å². The highest BCUT2D eigenvalue weighted by Crippen LogP contribution is 2.32. The molecule has 0 spiro atoms. The molecule has 0 atom stereocenters. The van der Waals surface area contributed by atoms with Gasteiger partial charge in [0.25, 0.3) is 5.91 Å². The van der Waals surface area contributed by atoms with Gasteiger partial charge in [0.05, 0.1) is 29.8 Å². The maximum absolute atomic E-state index is 12.1. The first-order chi connectivity index (χ1) is 15.7. The predicted molar refractivity (Wildman–Crippen MR) is 126 cm³/mol. The van der Waals surface area contributed by atoms with Crippen LogP contribution in [0.25, 0.3) is 16.7 Å². The molecular weight excluding hydrogens is 444 g/mol. The molecule has 3 aromatic rings. The molecule has 1 fully saturated rings. The number of methoxy groups -OCH3 is 1. The first-order valence-corrected chi connectivity index (χ1v) is 12.5. The van der Waals surface area contributed by atoms with E-state index in [9.17, 15) is 13.2 Å². The van der Waals surface area contributed by atoms with Gasteiger partial charge in [-0.05, 0) is 43.9 Å². The number of sulfonamides is 1. The van der Waals surface area contributed by atoms with Gasteiger partial charge in [-0.3, -0.25) is 4.79 Å². The Morgan fingerprint density at radius 2 is 1.97 bits per heavy atom. The van der Waals surface area contributed by atoms with E-state index >= 15 is 0 Å². The molecule has 0 aliphatic heterocycles. The lowest BCUT2D eigenvalue weighted by Gasteiger charge is -2.33. The number of nitrogens with zero attached hydrogens (tertiary/aromatic N) is 4. The van der Waals surface area contributed by atoms with E-state index in [1.54, 1.807) is 43.3 Å². The number of anilines is 1. The van der Waals surface area contributed by atoms with Gasteiger partial charge in [0, 0.05) is 31.5 Å². The van der Waals surface area contributed by atoms with E-state index in [2.05, 4.69) is 15.3 Å². The second-order valence-corrected chi connectivity index (χ2v) is 10.3. The number of amides is 1. The Bertz CT molecular complexity index is 1280. The largest absolute Gasteiger partial charge is 0.496 e. The van der Waals surface area contributed by atoms with Crippen LogP contribution in [-0.4, -0.2) is 65.7 Å². The van der Waals surface area contributed by atoms with Gasteiger partial charge in [0.15, 0.2) is 0 Å². The van der Waals surface area contributed by atoms with Crippen molar-refractivity contribution in [2.45, 2.75) is 37.8 Å². The van der Waals surface area contributed by atoms with Crippen LogP contribution in [0.5, 0.6) is 5.75 Å². The van der Waals surface area contributed by atoms with E-state index < -0.39 is 15.9 Å². The zero-order valence-electron chi connectivity index (χ0n) is 18.9. The van der Waals surface area contributed by atoms with E-state index in [0.29, 0.717) is 28.5 Å². The van der Waals surface area contributed by atoms with E-state index in [0.717, 1.165) is 31.2 Å². The second kappa shape index (κ2) is 8.99. The maximum atomic E-state index is 12.1. The summed E-state index contributed by atoms with van der Waals surface area (Å²) in [7, 11) is -0.0150. The van der Waals surface area contributed by atoms with E-state index in [-0.39, 0.29) is 12.1 Å². The van der Waals surface area contributed by atoms with Gasteiger partial charge < -0.3 is 20.4 Å². The third-order valence-corrected chi connectivity index (χ3v) is 7.58. The zero-order chi connectivity index (χ0) is 23.8. The minimum atomic E-state index is -3.20. The van der Waals surface area contributed by atoms with Crippen molar-refractivity contribution in [2.24, 2.45) is 5.73 Å². The quantitative estimate of drug-likeness (QED) is 0.538. The van der Waals surface area contributed by atoms with Gasteiger partial charge in [0.1, 0.15) is 11.6 Å². The molecule has 3 N–H and O–H groups in total. The molecule has 0 bridgehead atoms. The average Bonchev–Trinajstić information content (AvgIpc) is 3.19. The van der Waals surface area contributed by atoms with E-state index in [1.807, 2.05) is 12.1 Å². The number of carbonyl (C=O) groups excluding carboxylic acids is 1. The molecule has 1 aliphatic rings. The van der Waals surface area contributed by atoms with Crippen LogP contribution >= 0.6 is 0 Å². The number of nitrogens with one attached hydrogen (secondary N) is 1. The van der Waals surface area contributed by atoms with Crippen LogP contribution in [-0.2, 0) is 10.0 Å². The highest BCUT2D eigenvalue weighted by molar-refractivity contribution is 7.88. The molecule has 0 saturated heterocycles. The SMILES string of the molecule is COc1cccc2c1c(C(N)=O)cn2-c1ccnc(N[C@H]2CC[C@H](N(C)S(C)(=O)=O)CC2)n1. The number of primary amides is 1. The molecule has 4 rings (SSSR count). The average molecular weight is 473 g/mol. The second-order valence-electron chi connectivity index (χ2n) is 8.30. The van der Waals surface area contributed by atoms with Crippen LogP contribution in [0.3, 0.4) is 0 Å². The fourth-order valence-corrected chi connectivity index (χ4v) is 5.14. The van der Waals surface area contributed by atoms with Gasteiger partial charge in [-0.2, -0.15) is 4.98 Å². The standard InChI is InChI=1S/C22H28N6O4S/c1-27(33(3,30)31)15-9-7-14(8-10-15)25-22-24-12-11-19(26-22)28-13-16(21(23)29)20-17(28)5-4-6-18(20)32-2/h4-6,11-15H,7-10H2,1-3H3,(H2,23,29)(H,24,25,26)/t14-,15-. The highest BCUT2D eigenvalue weighted by Gasteiger charge is 2.28. The topological polar surface area (TPSA) is 132 Å². The van der Waals surface area contributed by atoms with Gasteiger partial charge >= 0.3 is 0 Å². The molecule has 176 valence electrons. The monoisotopic (exact) mass is 472 g/mol. The van der Waals surface area contributed by atoms with E-state index in [4.69, 9.17) is 10.5 Å². The number of ether oxygens (including phenoxy) is 1. The first-order valence-electron chi connectivity index (χ1n) is 10.7. The third kappa shape index (κ3) is 4.64. The summed E-state index contributed by atoms with van der Waals surface area (Å²) in [6.07, 6.45) is 7.72.